The third kappa shape index (κ3) is 3.83. The number of aryl methyl sites for hydroxylation is 1. The van der Waals surface area contributed by atoms with Crippen molar-refractivity contribution < 1.29 is 4.79 Å². The largest absolute Gasteiger partial charge is 0.280 e. The lowest BCUT2D eigenvalue weighted by Gasteiger charge is -2.25. The number of anilines is 2. The van der Waals surface area contributed by atoms with E-state index in [2.05, 4.69) is 10.2 Å². The molecule has 3 aromatic rings. The Balaban J connectivity index is 1.89. The second kappa shape index (κ2) is 7.59. The van der Waals surface area contributed by atoms with Crippen LogP contribution in [-0.2, 0) is 4.79 Å². The molecule has 0 N–H and O–H groups in total. The van der Waals surface area contributed by atoms with Crippen LogP contribution >= 0.6 is 23.1 Å². The number of rotatable bonds is 5. The van der Waals surface area contributed by atoms with Gasteiger partial charge in [0.05, 0.1) is 5.25 Å². The Labute approximate surface area is 149 Å². The van der Waals surface area contributed by atoms with E-state index in [0.717, 1.165) is 20.7 Å². The van der Waals surface area contributed by atoms with Crippen LogP contribution in [0.25, 0.3) is 0 Å². The highest BCUT2D eigenvalue weighted by Crippen LogP contribution is 2.32. The van der Waals surface area contributed by atoms with Crippen LogP contribution in [0.5, 0.6) is 0 Å². The van der Waals surface area contributed by atoms with E-state index < -0.39 is 0 Å². The number of amides is 1. The molecule has 3 rings (SSSR count). The first-order chi connectivity index (χ1) is 11.6. The minimum absolute atomic E-state index is 0.0188. The molecule has 1 heterocycles. The molecule has 0 saturated heterocycles. The quantitative estimate of drug-likeness (QED) is 0.623. The molecule has 122 valence electrons. The number of hydrogen-bond donors (Lipinski definition) is 0. The number of carbonyl (C=O) groups excluding carboxylic acids is 1. The third-order valence-electron chi connectivity index (χ3n) is 3.38. The van der Waals surface area contributed by atoms with Crippen molar-refractivity contribution in [3.8, 4) is 0 Å². The number of hydrogen-bond acceptors (Lipinski definition) is 5. The van der Waals surface area contributed by atoms with Gasteiger partial charge < -0.3 is 0 Å². The summed E-state index contributed by atoms with van der Waals surface area (Å²) in [6, 6.07) is 19.4. The molecule has 6 heteroatoms. The fourth-order valence-electron chi connectivity index (χ4n) is 2.27. The van der Waals surface area contributed by atoms with Crippen LogP contribution < -0.4 is 4.90 Å². The summed E-state index contributed by atoms with van der Waals surface area (Å²) in [5.41, 5.74) is 1.71. The molecular formula is C18H17N3OS2. The number of thioether (sulfide) groups is 1. The number of carbonyl (C=O) groups is 1. The van der Waals surface area contributed by atoms with E-state index in [4.69, 9.17) is 0 Å². The first-order valence-corrected chi connectivity index (χ1v) is 9.25. The summed E-state index contributed by atoms with van der Waals surface area (Å²) in [6.07, 6.45) is 0. The van der Waals surface area contributed by atoms with Gasteiger partial charge in [-0.1, -0.05) is 59.5 Å². The average molecular weight is 355 g/mol. The molecule has 0 spiro atoms. The van der Waals surface area contributed by atoms with Gasteiger partial charge in [-0.05, 0) is 38.1 Å². The van der Waals surface area contributed by atoms with E-state index in [1.165, 1.54) is 23.1 Å². The highest BCUT2D eigenvalue weighted by Gasteiger charge is 2.25. The lowest BCUT2D eigenvalue weighted by molar-refractivity contribution is -0.117. The molecule has 2 aromatic carbocycles. The van der Waals surface area contributed by atoms with Gasteiger partial charge in [-0.2, -0.15) is 0 Å². The van der Waals surface area contributed by atoms with Crippen molar-refractivity contribution in [1.29, 1.82) is 0 Å². The fraction of sp³-hybridized carbons (Fsp3) is 0.167. The Morgan fingerprint density at radius 2 is 1.54 bits per heavy atom. The van der Waals surface area contributed by atoms with Gasteiger partial charge in [0.2, 0.25) is 5.91 Å². The normalized spacial score (nSPS) is 11.9. The molecule has 0 bridgehead atoms. The Morgan fingerprint density at radius 1 is 1.00 bits per heavy atom. The predicted octanol–water partition coefficient (Wildman–Crippen LogP) is 4.69. The molecular weight excluding hydrogens is 338 g/mol. The highest BCUT2D eigenvalue weighted by atomic mass is 32.2. The van der Waals surface area contributed by atoms with Gasteiger partial charge in [0.1, 0.15) is 5.01 Å². The summed E-state index contributed by atoms with van der Waals surface area (Å²) >= 11 is 2.95. The number of nitrogens with zero attached hydrogens (tertiary/aromatic N) is 3. The average Bonchev–Trinajstić information content (AvgIpc) is 3.02. The predicted molar refractivity (Wildman–Crippen MR) is 100.0 cm³/mol. The van der Waals surface area contributed by atoms with Crippen LogP contribution in [0.3, 0.4) is 0 Å². The van der Waals surface area contributed by atoms with Gasteiger partial charge in [0.25, 0.3) is 0 Å². The van der Waals surface area contributed by atoms with Crippen molar-refractivity contribution in [2.75, 3.05) is 4.90 Å². The van der Waals surface area contributed by atoms with E-state index in [1.54, 1.807) is 4.90 Å². The maximum Gasteiger partial charge on any atom is 0.244 e. The lowest BCUT2D eigenvalue weighted by atomic mass is 10.2. The molecule has 4 nitrogen and oxygen atoms in total. The SMILES string of the molecule is Cc1nnc(SC(C)C(=O)N(c2ccccc2)c2ccccc2)s1. The van der Waals surface area contributed by atoms with E-state index in [1.807, 2.05) is 74.5 Å². The zero-order valence-electron chi connectivity index (χ0n) is 13.4. The summed E-state index contributed by atoms with van der Waals surface area (Å²) in [7, 11) is 0. The summed E-state index contributed by atoms with van der Waals surface area (Å²) in [6.45, 7) is 3.82. The summed E-state index contributed by atoms with van der Waals surface area (Å²) < 4.78 is 0.814. The molecule has 0 aliphatic heterocycles. The highest BCUT2D eigenvalue weighted by molar-refractivity contribution is 8.02. The zero-order chi connectivity index (χ0) is 16.9. The van der Waals surface area contributed by atoms with Crippen molar-refractivity contribution in [3.05, 3.63) is 65.7 Å². The first kappa shape index (κ1) is 16.7. The van der Waals surface area contributed by atoms with Crippen molar-refractivity contribution in [2.45, 2.75) is 23.4 Å². The van der Waals surface area contributed by atoms with Crippen molar-refractivity contribution in [2.24, 2.45) is 0 Å². The smallest absolute Gasteiger partial charge is 0.244 e. The van der Waals surface area contributed by atoms with Crippen LogP contribution in [0, 0.1) is 6.92 Å². The van der Waals surface area contributed by atoms with Crippen LogP contribution in [0.2, 0.25) is 0 Å². The molecule has 24 heavy (non-hydrogen) atoms. The van der Waals surface area contributed by atoms with Crippen LogP contribution in [-0.4, -0.2) is 21.4 Å². The molecule has 1 unspecified atom stereocenters. The number of aromatic nitrogens is 2. The minimum Gasteiger partial charge on any atom is -0.280 e. The molecule has 1 aromatic heterocycles. The molecule has 0 aliphatic carbocycles. The third-order valence-corrected chi connectivity index (χ3v) is 5.39. The monoisotopic (exact) mass is 355 g/mol. The van der Waals surface area contributed by atoms with Gasteiger partial charge in [-0.15, -0.1) is 10.2 Å². The van der Waals surface area contributed by atoms with Gasteiger partial charge >= 0.3 is 0 Å². The standard InChI is InChI=1S/C18H17N3OS2/c1-13(23-18-20-19-14(2)24-18)17(22)21(15-9-5-3-6-10-15)16-11-7-4-8-12-16/h3-13H,1-2H3. The zero-order valence-corrected chi connectivity index (χ0v) is 15.1. The second-order valence-corrected chi connectivity index (χ2v) is 7.96. The van der Waals surface area contributed by atoms with Crippen molar-refractivity contribution >= 4 is 40.4 Å². The van der Waals surface area contributed by atoms with E-state index in [-0.39, 0.29) is 11.2 Å². The Kier molecular flexibility index (Phi) is 5.27. The van der Waals surface area contributed by atoms with Crippen molar-refractivity contribution in [3.63, 3.8) is 0 Å². The Morgan fingerprint density at radius 3 is 2.00 bits per heavy atom. The van der Waals surface area contributed by atoms with Gasteiger partial charge in [0, 0.05) is 11.4 Å². The summed E-state index contributed by atoms with van der Waals surface area (Å²) in [5, 5.41) is 8.75. The molecule has 0 aliphatic rings. The van der Waals surface area contributed by atoms with Gasteiger partial charge in [-0.3, -0.25) is 9.69 Å². The van der Waals surface area contributed by atoms with Gasteiger partial charge in [-0.25, -0.2) is 0 Å². The topological polar surface area (TPSA) is 46.1 Å². The van der Waals surface area contributed by atoms with Crippen LogP contribution in [0.4, 0.5) is 11.4 Å². The Hall–Kier alpha value is -2.18. The minimum atomic E-state index is -0.266. The number of benzene rings is 2. The Bertz CT molecular complexity index is 766. The van der Waals surface area contributed by atoms with Crippen molar-refractivity contribution in [1.82, 2.24) is 10.2 Å². The van der Waals surface area contributed by atoms with E-state index in [9.17, 15) is 4.79 Å². The first-order valence-electron chi connectivity index (χ1n) is 7.56. The van der Waals surface area contributed by atoms with Crippen LogP contribution in [0.1, 0.15) is 11.9 Å². The fourth-order valence-corrected chi connectivity index (χ4v) is 4.27. The lowest BCUT2D eigenvalue weighted by Crippen LogP contribution is -2.32. The molecule has 0 radical (unpaired) electrons. The van der Waals surface area contributed by atoms with Crippen LogP contribution in [0.15, 0.2) is 65.0 Å². The molecule has 0 fully saturated rings. The second-order valence-electron chi connectivity index (χ2n) is 5.19. The summed E-state index contributed by atoms with van der Waals surface area (Å²) in [5.74, 6) is 0.0188. The maximum absolute atomic E-state index is 13.1. The molecule has 1 amide bonds. The summed E-state index contributed by atoms with van der Waals surface area (Å²) in [4.78, 5) is 14.9. The molecule has 1 atom stereocenters. The maximum atomic E-state index is 13.1. The van der Waals surface area contributed by atoms with E-state index in [0.29, 0.717) is 0 Å². The van der Waals surface area contributed by atoms with Gasteiger partial charge in [0.15, 0.2) is 4.34 Å². The number of para-hydroxylation sites is 2. The molecule has 0 saturated carbocycles. The van der Waals surface area contributed by atoms with E-state index >= 15 is 0 Å².